The average Bonchev–Trinajstić information content (AvgIpc) is 3.47. The number of carbonyl (C=O) groups excluding carboxylic acids is 2. The van der Waals surface area contributed by atoms with Gasteiger partial charge in [0.05, 0.1) is 11.7 Å². The molecule has 0 unspecified atom stereocenters. The molecule has 8 nitrogen and oxygen atoms in total. The molecule has 1 atom stereocenters. The Labute approximate surface area is 181 Å². The van der Waals surface area contributed by atoms with Gasteiger partial charge in [0.15, 0.2) is 0 Å². The Bertz CT molecular complexity index is 1030. The minimum absolute atomic E-state index is 0.0971. The minimum Gasteiger partial charge on any atom is -0.376 e. The van der Waals surface area contributed by atoms with E-state index in [9.17, 15) is 9.59 Å². The summed E-state index contributed by atoms with van der Waals surface area (Å²) in [6.45, 7) is 1.27. The monoisotopic (exact) mass is 469 g/mol. The number of ether oxygens (including phenoxy) is 1. The van der Waals surface area contributed by atoms with Gasteiger partial charge in [0.2, 0.25) is 0 Å². The van der Waals surface area contributed by atoms with E-state index in [1.165, 1.54) is 0 Å². The number of anilines is 1. The summed E-state index contributed by atoms with van der Waals surface area (Å²) in [4.78, 5) is 25.0. The van der Waals surface area contributed by atoms with Crippen molar-refractivity contribution in [2.75, 3.05) is 18.5 Å². The molecule has 3 aromatic rings. The van der Waals surface area contributed by atoms with Gasteiger partial charge in [-0.05, 0) is 71.2 Å². The molecular formula is C21H20BrN5O3. The first-order chi connectivity index (χ1) is 14.6. The Hall–Kier alpha value is -3.04. The van der Waals surface area contributed by atoms with E-state index in [1.54, 1.807) is 53.6 Å². The third kappa shape index (κ3) is 4.74. The average molecular weight is 470 g/mol. The van der Waals surface area contributed by atoms with Crippen LogP contribution < -0.4 is 10.6 Å². The fraction of sp³-hybridized carbons (Fsp3) is 0.238. The molecule has 0 spiro atoms. The predicted molar refractivity (Wildman–Crippen MR) is 115 cm³/mol. The van der Waals surface area contributed by atoms with Crippen LogP contribution in [-0.4, -0.2) is 45.8 Å². The van der Waals surface area contributed by atoms with Gasteiger partial charge >= 0.3 is 0 Å². The maximum absolute atomic E-state index is 12.8. The van der Waals surface area contributed by atoms with Crippen LogP contribution in [0.2, 0.25) is 0 Å². The van der Waals surface area contributed by atoms with Gasteiger partial charge in [0.1, 0.15) is 12.7 Å². The molecule has 1 aromatic heterocycles. The van der Waals surface area contributed by atoms with Crippen LogP contribution in [0.15, 0.2) is 59.6 Å². The molecule has 154 valence electrons. The highest BCUT2D eigenvalue weighted by Gasteiger charge is 2.17. The highest BCUT2D eigenvalue weighted by molar-refractivity contribution is 9.10. The topological polar surface area (TPSA) is 98.1 Å². The van der Waals surface area contributed by atoms with Crippen molar-refractivity contribution in [1.82, 2.24) is 20.1 Å². The number of carbonyl (C=O) groups is 2. The summed E-state index contributed by atoms with van der Waals surface area (Å²) in [5.41, 5.74) is 2.37. The normalized spacial score (nSPS) is 15.7. The second-order valence-electron chi connectivity index (χ2n) is 6.91. The van der Waals surface area contributed by atoms with Crippen LogP contribution >= 0.6 is 15.9 Å². The zero-order chi connectivity index (χ0) is 20.9. The zero-order valence-electron chi connectivity index (χ0n) is 16.0. The summed E-state index contributed by atoms with van der Waals surface area (Å²) < 4.78 is 7.90. The van der Waals surface area contributed by atoms with Gasteiger partial charge < -0.3 is 15.4 Å². The van der Waals surface area contributed by atoms with Crippen LogP contribution in [0.25, 0.3) is 5.69 Å². The van der Waals surface area contributed by atoms with Crippen molar-refractivity contribution < 1.29 is 14.3 Å². The maximum Gasteiger partial charge on any atom is 0.256 e. The first kappa shape index (κ1) is 20.2. The minimum atomic E-state index is -0.271. The van der Waals surface area contributed by atoms with E-state index in [4.69, 9.17) is 4.74 Å². The second-order valence-corrected chi connectivity index (χ2v) is 7.76. The largest absolute Gasteiger partial charge is 0.376 e. The molecule has 4 rings (SSSR count). The van der Waals surface area contributed by atoms with Crippen molar-refractivity contribution >= 4 is 33.4 Å². The smallest absolute Gasteiger partial charge is 0.256 e. The van der Waals surface area contributed by atoms with Crippen molar-refractivity contribution in [2.24, 2.45) is 0 Å². The van der Waals surface area contributed by atoms with Gasteiger partial charge in [-0.1, -0.05) is 0 Å². The summed E-state index contributed by atoms with van der Waals surface area (Å²) in [5.74, 6) is -0.430. The lowest BCUT2D eigenvalue weighted by molar-refractivity contribution is 0.0857. The van der Waals surface area contributed by atoms with Crippen molar-refractivity contribution in [3.8, 4) is 5.69 Å². The van der Waals surface area contributed by atoms with Crippen LogP contribution in [0.4, 0.5) is 5.69 Å². The Morgan fingerprint density at radius 3 is 2.57 bits per heavy atom. The van der Waals surface area contributed by atoms with Gasteiger partial charge in [0.25, 0.3) is 11.8 Å². The molecule has 1 fully saturated rings. The lowest BCUT2D eigenvalue weighted by atomic mass is 10.1. The molecular weight excluding hydrogens is 450 g/mol. The van der Waals surface area contributed by atoms with E-state index in [1.807, 2.05) is 6.07 Å². The van der Waals surface area contributed by atoms with E-state index in [0.29, 0.717) is 27.8 Å². The lowest BCUT2D eigenvalue weighted by Crippen LogP contribution is -2.31. The fourth-order valence-electron chi connectivity index (χ4n) is 3.20. The van der Waals surface area contributed by atoms with Gasteiger partial charge in [0, 0.05) is 34.6 Å². The van der Waals surface area contributed by atoms with E-state index < -0.39 is 0 Å². The maximum atomic E-state index is 12.8. The van der Waals surface area contributed by atoms with E-state index in [0.717, 1.165) is 25.1 Å². The molecule has 2 heterocycles. The van der Waals surface area contributed by atoms with Crippen LogP contribution in [0.3, 0.4) is 0 Å². The quantitative estimate of drug-likeness (QED) is 0.577. The van der Waals surface area contributed by atoms with Crippen LogP contribution in [0.1, 0.15) is 33.6 Å². The first-order valence-corrected chi connectivity index (χ1v) is 10.4. The summed E-state index contributed by atoms with van der Waals surface area (Å²) in [5, 5.41) is 13.3. The van der Waals surface area contributed by atoms with Crippen LogP contribution in [0.5, 0.6) is 0 Å². The molecule has 9 heteroatoms. The second kappa shape index (κ2) is 9.19. The Kier molecular flexibility index (Phi) is 6.20. The van der Waals surface area contributed by atoms with E-state index in [2.05, 4.69) is 36.8 Å². The number of rotatable bonds is 6. The molecule has 1 aliphatic heterocycles. The Balaban J connectivity index is 1.40. The summed E-state index contributed by atoms with van der Waals surface area (Å²) in [7, 11) is 0. The highest BCUT2D eigenvalue weighted by atomic mass is 79.9. The number of halogens is 1. The van der Waals surface area contributed by atoms with Crippen molar-refractivity contribution in [3.05, 3.63) is 70.7 Å². The summed E-state index contributed by atoms with van der Waals surface area (Å²) in [6, 6.07) is 12.2. The van der Waals surface area contributed by atoms with E-state index in [-0.39, 0.29) is 17.9 Å². The molecule has 2 amide bonds. The third-order valence-corrected chi connectivity index (χ3v) is 5.52. The van der Waals surface area contributed by atoms with Crippen molar-refractivity contribution in [2.45, 2.75) is 18.9 Å². The van der Waals surface area contributed by atoms with Gasteiger partial charge in [-0.2, -0.15) is 0 Å². The molecule has 0 saturated carbocycles. The summed E-state index contributed by atoms with van der Waals surface area (Å²) in [6.07, 6.45) is 5.23. The molecule has 30 heavy (non-hydrogen) atoms. The molecule has 2 N–H and O–H groups in total. The molecule has 1 saturated heterocycles. The van der Waals surface area contributed by atoms with Crippen molar-refractivity contribution in [1.29, 1.82) is 0 Å². The number of nitrogens with zero attached hydrogens (tertiary/aromatic N) is 3. The molecule has 0 aliphatic carbocycles. The van der Waals surface area contributed by atoms with Crippen LogP contribution in [-0.2, 0) is 4.74 Å². The third-order valence-electron chi connectivity index (χ3n) is 4.83. The highest BCUT2D eigenvalue weighted by Crippen LogP contribution is 2.22. The van der Waals surface area contributed by atoms with Crippen molar-refractivity contribution in [3.63, 3.8) is 0 Å². The van der Waals surface area contributed by atoms with Gasteiger partial charge in [-0.15, -0.1) is 10.2 Å². The Morgan fingerprint density at radius 1 is 1.10 bits per heavy atom. The fourth-order valence-corrected chi connectivity index (χ4v) is 3.63. The lowest BCUT2D eigenvalue weighted by Gasteiger charge is -2.12. The number of benzene rings is 2. The zero-order valence-corrected chi connectivity index (χ0v) is 17.6. The molecule has 0 bridgehead atoms. The van der Waals surface area contributed by atoms with Crippen LogP contribution in [0, 0.1) is 0 Å². The first-order valence-electron chi connectivity index (χ1n) is 9.56. The van der Waals surface area contributed by atoms with Gasteiger partial charge in [-0.3, -0.25) is 14.2 Å². The summed E-state index contributed by atoms with van der Waals surface area (Å²) >= 11 is 3.42. The van der Waals surface area contributed by atoms with Gasteiger partial charge in [-0.25, -0.2) is 0 Å². The predicted octanol–water partition coefficient (Wildman–Crippen LogP) is 3.19. The Morgan fingerprint density at radius 2 is 1.87 bits per heavy atom. The number of amides is 2. The number of hydrogen-bond acceptors (Lipinski definition) is 5. The number of nitrogens with one attached hydrogen (secondary N) is 2. The van der Waals surface area contributed by atoms with E-state index >= 15 is 0 Å². The molecule has 1 aliphatic rings. The number of aromatic nitrogens is 3. The number of hydrogen-bond donors (Lipinski definition) is 2. The molecule has 0 radical (unpaired) electrons. The standard InChI is InChI=1S/C21H20BrN5O3/c22-19-8-7-16(27-12-24-25-13-27)10-18(19)21(29)26-15-5-3-14(4-6-15)20(28)23-11-17-2-1-9-30-17/h3-8,10,12-13,17H,1-2,9,11H2,(H,23,28)(H,26,29)/t17-/m1/s1. The molecule has 2 aromatic carbocycles. The SMILES string of the molecule is O=C(NC[C@H]1CCCO1)c1ccc(NC(=O)c2cc(-n3cnnc3)ccc2Br)cc1.